The van der Waals surface area contributed by atoms with Crippen LogP contribution in [0.5, 0.6) is 0 Å². The molecule has 1 heterocycles. The number of nitrogens with one attached hydrogen (secondary N) is 2. The van der Waals surface area contributed by atoms with Gasteiger partial charge in [-0.3, -0.25) is 9.59 Å². The maximum atomic E-state index is 12.9. The highest BCUT2D eigenvalue weighted by Gasteiger charge is 2.53. The standard InChI is InChI=1S/C27H49N3O3/c1-18(25(33)28-13-16-30-14-7-8-15-30)20-9-11-27(6)12-10-21(19(2)23(27)24(20)32)29-22(31)17-26(3,4)5/h18-21,23-24,32H,7-17H2,1-6H3,(H,28,33)(H,29,31)/t18-,19+,20?,21-,23+,24-,27-/m0/s1. The summed E-state index contributed by atoms with van der Waals surface area (Å²) in [5.41, 5.74) is 0.0378. The Morgan fingerprint density at radius 3 is 2.42 bits per heavy atom. The lowest BCUT2D eigenvalue weighted by atomic mass is 9.51. The minimum atomic E-state index is -0.514. The largest absolute Gasteiger partial charge is 0.392 e. The third-order valence-electron chi connectivity index (χ3n) is 8.91. The first kappa shape index (κ1) is 26.5. The Morgan fingerprint density at radius 1 is 1.15 bits per heavy atom. The van der Waals surface area contributed by atoms with Gasteiger partial charge in [0.05, 0.1) is 6.10 Å². The molecule has 7 atom stereocenters. The molecular formula is C27H49N3O3. The van der Waals surface area contributed by atoms with Crippen molar-refractivity contribution in [1.29, 1.82) is 0 Å². The molecule has 0 aromatic rings. The van der Waals surface area contributed by atoms with Crippen LogP contribution in [0.4, 0.5) is 0 Å². The van der Waals surface area contributed by atoms with Crippen molar-refractivity contribution in [2.45, 2.75) is 98.6 Å². The van der Waals surface area contributed by atoms with Gasteiger partial charge in [-0.05, 0) is 80.2 Å². The summed E-state index contributed by atoms with van der Waals surface area (Å²) < 4.78 is 0. The Morgan fingerprint density at radius 2 is 1.79 bits per heavy atom. The third kappa shape index (κ3) is 6.50. The topological polar surface area (TPSA) is 81.7 Å². The van der Waals surface area contributed by atoms with Gasteiger partial charge in [0, 0.05) is 31.5 Å². The summed E-state index contributed by atoms with van der Waals surface area (Å²) in [5, 5.41) is 18.0. The number of likely N-dealkylation sites (tertiary alicyclic amines) is 1. The van der Waals surface area contributed by atoms with Crippen LogP contribution < -0.4 is 10.6 Å². The van der Waals surface area contributed by atoms with Crippen molar-refractivity contribution < 1.29 is 14.7 Å². The maximum Gasteiger partial charge on any atom is 0.223 e. The second-order valence-corrected chi connectivity index (χ2v) is 12.8. The zero-order valence-electron chi connectivity index (χ0n) is 22.0. The molecule has 6 heteroatoms. The van der Waals surface area contributed by atoms with Crippen LogP contribution >= 0.6 is 0 Å². The first-order valence-corrected chi connectivity index (χ1v) is 13.4. The van der Waals surface area contributed by atoms with E-state index >= 15 is 0 Å². The molecule has 190 valence electrons. The summed E-state index contributed by atoms with van der Waals surface area (Å²) in [6.45, 7) is 16.6. The van der Waals surface area contributed by atoms with Crippen molar-refractivity contribution in [2.24, 2.45) is 34.5 Å². The first-order chi connectivity index (χ1) is 15.4. The van der Waals surface area contributed by atoms with Gasteiger partial charge >= 0.3 is 0 Å². The number of hydrogen-bond donors (Lipinski definition) is 3. The van der Waals surface area contributed by atoms with Crippen molar-refractivity contribution in [3.8, 4) is 0 Å². The lowest BCUT2D eigenvalue weighted by Gasteiger charge is -2.56. The van der Waals surface area contributed by atoms with Crippen LogP contribution in [0.25, 0.3) is 0 Å². The zero-order chi connectivity index (χ0) is 24.4. The number of carbonyl (C=O) groups is 2. The van der Waals surface area contributed by atoms with Crippen LogP contribution in [0.15, 0.2) is 0 Å². The molecule has 0 bridgehead atoms. The fourth-order valence-electron chi connectivity index (χ4n) is 6.94. The number of aliphatic hydroxyl groups excluding tert-OH is 1. The van der Waals surface area contributed by atoms with E-state index in [-0.39, 0.29) is 52.4 Å². The number of aliphatic hydroxyl groups is 1. The number of carbonyl (C=O) groups excluding carboxylic acids is 2. The molecule has 0 radical (unpaired) electrons. The summed E-state index contributed by atoms with van der Waals surface area (Å²) in [4.78, 5) is 28.0. The molecule has 0 aromatic heterocycles. The van der Waals surface area contributed by atoms with E-state index in [4.69, 9.17) is 0 Å². The average molecular weight is 464 g/mol. The van der Waals surface area contributed by atoms with E-state index in [1.165, 1.54) is 12.8 Å². The average Bonchev–Trinajstić information content (AvgIpc) is 3.22. The molecule has 2 aliphatic carbocycles. The van der Waals surface area contributed by atoms with Crippen LogP contribution in [0, 0.1) is 34.5 Å². The minimum Gasteiger partial charge on any atom is -0.392 e. The van der Waals surface area contributed by atoms with Crippen molar-refractivity contribution in [3.05, 3.63) is 0 Å². The highest BCUT2D eigenvalue weighted by molar-refractivity contribution is 5.78. The van der Waals surface area contributed by atoms with Crippen molar-refractivity contribution in [2.75, 3.05) is 26.2 Å². The number of hydrogen-bond acceptors (Lipinski definition) is 4. The van der Waals surface area contributed by atoms with Crippen LogP contribution in [-0.4, -0.2) is 60.1 Å². The van der Waals surface area contributed by atoms with Gasteiger partial charge in [0.25, 0.3) is 0 Å². The summed E-state index contributed by atoms with van der Waals surface area (Å²) in [5.74, 6) is 0.240. The van der Waals surface area contributed by atoms with E-state index in [0.29, 0.717) is 13.0 Å². The number of amides is 2. The van der Waals surface area contributed by atoms with E-state index in [9.17, 15) is 14.7 Å². The fraction of sp³-hybridized carbons (Fsp3) is 0.926. The molecule has 3 fully saturated rings. The van der Waals surface area contributed by atoms with Gasteiger partial charge < -0.3 is 20.6 Å². The van der Waals surface area contributed by atoms with Gasteiger partial charge in [-0.2, -0.15) is 0 Å². The minimum absolute atomic E-state index is 0.0265. The van der Waals surface area contributed by atoms with Crippen molar-refractivity contribution in [3.63, 3.8) is 0 Å². The van der Waals surface area contributed by atoms with E-state index in [2.05, 4.69) is 50.2 Å². The second-order valence-electron chi connectivity index (χ2n) is 12.8. The summed E-state index contributed by atoms with van der Waals surface area (Å²) in [6.07, 6.45) is 6.43. The van der Waals surface area contributed by atoms with Crippen LogP contribution in [0.1, 0.15) is 86.5 Å². The van der Waals surface area contributed by atoms with Gasteiger partial charge in [0.1, 0.15) is 0 Å². The molecule has 1 unspecified atom stereocenters. The van der Waals surface area contributed by atoms with E-state index in [1.807, 2.05) is 6.92 Å². The predicted octanol–water partition coefficient (Wildman–Crippen LogP) is 3.58. The molecule has 1 aliphatic heterocycles. The van der Waals surface area contributed by atoms with Crippen LogP contribution in [0.2, 0.25) is 0 Å². The molecular weight excluding hydrogens is 414 g/mol. The van der Waals surface area contributed by atoms with Crippen molar-refractivity contribution >= 4 is 11.8 Å². The molecule has 2 amide bonds. The molecule has 1 saturated heterocycles. The Bertz CT molecular complexity index is 685. The summed E-state index contributed by atoms with van der Waals surface area (Å²) >= 11 is 0. The van der Waals surface area contributed by atoms with Gasteiger partial charge in [0.2, 0.25) is 11.8 Å². The van der Waals surface area contributed by atoms with Crippen LogP contribution in [0.3, 0.4) is 0 Å². The Labute approximate surface area is 201 Å². The van der Waals surface area contributed by atoms with E-state index < -0.39 is 6.10 Å². The number of fused-ring (bicyclic) bond motifs is 1. The molecule has 2 saturated carbocycles. The van der Waals surface area contributed by atoms with Gasteiger partial charge in [0.15, 0.2) is 0 Å². The summed E-state index contributed by atoms with van der Waals surface area (Å²) in [6, 6.07) is 0.0934. The molecule has 3 rings (SSSR count). The van der Waals surface area contributed by atoms with E-state index in [1.54, 1.807) is 0 Å². The molecule has 0 spiro atoms. The third-order valence-corrected chi connectivity index (χ3v) is 8.91. The highest BCUT2D eigenvalue weighted by atomic mass is 16.3. The van der Waals surface area contributed by atoms with Gasteiger partial charge in [-0.15, -0.1) is 0 Å². The van der Waals surface area contributed by atoms with E-state index in [0.717, 1.165) is 45.3 Å². The fourth-order valence-corrected chi connectivity index (χ4v) is 6.94. The molecule has 33 heavy (non-hydrogen) atoms. The predicted molar refractivity (Wildman–Crippen MR) is 133 cm³/mol. The molecule has 3 N–H and O–H groups in total. The lowest BCUT2D eigenvalue weighted by molar-refractivity contribution is -0.144. The maximum absolute atomic E-state index is 12.9. The quantitative estimate of drug-likeness (QED) is 0.539. The lowest BCUT2D eigenvalue weighted by Crippen LogP contribution is -2.58. The Kier molecular flexibility index (Phi) is 8.53. The van der Waals surface area contributed by atoms with Crippen LogP contribution in [-0.2, 0) is 9.59 Å². The molecule has 6 nitrogen and oxygen atoms in total. The SMILES string of the molecule is C[C@H]1[C@@H]2[C@@H](O)C([C@H](C)C(=O)NCCN3CCCC3)CC[C@@]2(C)CC[C@@H]1NC(=O)CC(C)(C)C. The Balaban J connectivity index is 1.59. The monoisotopic (exact) mass is 463 g/mol. The highest BCUT2D eigenvalue weighted by Crippen LogP contribution is 2.55. The Hall–Kier alpha value is -1.14. The normalized spacial score (nSPS) is 36.2. The smallest absolute Gasteiger partial charge is 0.223 e. The first-order valence-electron chi connectivity index (χ1n) is 13.4. The molecule has 0 aromatic carbocycles. The molecule has 3 aliphatic rings. The number of nitrogens with zero attached hydrogens (tertiary/aromatic N) is 1. The van der Waals surface area contributed by atoms with Gasteiger partial charge in [-0.1, -0.05) is 41.5 Å². The number of rotatable bonds is 7. The van der Waals surface area contributed by atoms with Gasteiger partial charge in [-0.25, -0.2) is 0 Å². The summed E-state index contributed by atoms with van der Waals surface area (Å²) in [7, 11) is 0. The zero-order valence-corrected chi connectivity index (χ0v) is 22.0. The van der Waals surface area contributed by atoms with Crippen molar-refractivity contribution in [1.82, 2.24) is 15.5 Å². The second kappa shape index (κ2) is 10.6.